The molecule has 2 nitrogen and oxygen atoms in total. The molecule has 1 heterocycles. The lowest BCUT2D eigenvalue weighted by Gasteiger charge is -2.22. The minimum atomic E-state index is 0.827. The number of halogens is 1. The summed E-state index contributed by atoms with van der Waals surface area (Å²) in [5.74, 6) is 1.86. The van der Waals surface area contributed by atoms with Crippen LogP contribution in [-0.2, 0) is 0 Å². The molecule has 18 heavy (non-hydrogen) atoms. The summed E-state index contributed by atoms with van der Waals surface area (Å²) < 4.78 is 6.98. The van der Waals surface area contributed by atoms with Crippen molar-refractivity contribution in [2.75, 3.05) is 19.7 Å². The molecule has 0 aliphatic carbocycles. The summed E-state index contributed by atoms with van der Waals surface area (Å²) in [6, 6.07) is 6.12. The van der Waals surface area contributed by atoms with E-state index in [9.17, 15) is 0 Å². The van der Waals surface area contributed by atoms with E-state index in [2.05, 4.69) is 34.2 Å². The highest BCUT2D eigenvalue weighted by Gasteiger charge is 2.12. The van der Waals surface area contributed by atoms with Gasteiger partial charge in [-0.2, -0.15) is 0 Å². The summed E-state index contributed by atoms with van der Waals surface area (Å²) in [6.45, 7) is 5.30. The monoisotopic (exact) mass is 311 g/mol. The number of nitrogens with one attached hydrogen (secondary N) is 1. The molecule has 1 saturated heterocycles. The van der Waals surface area contributed by atoms with Gasteiger partial charge in [0.25, 0.3) is 0 Å². The van der Waals surface area contributed by atoms with Gasteiger partial charge in [0.2, 0.25) is 0 Å². The first kappa shape index (κ1) is 13.9. The summed E-state index contributed by atoms with van der Waals surface area (Å²) in [6.07, 6.45) is 5.14. The van der Waals surface area contributed by atoms with E-state index in [1.807, 2.05) is 12.1 Å². The fraction of sp³-hybridized carbons (Fsp3) is 0.600. The normalized spacial score (nSPS) is 19.8. The maximum absolute atomic E-state index is 5.86. The van der Waals surface area contributed by atoms with Crippen molar-refractivity contribution in [3.63, 3.8) is 0 Å². The lowest BCUT2D eigenvalue weighted by Crippen LogP contribution is -2.29. The molecular formula is C15H22BrNO. The molecule has 0 spiro atoms. The molecule has 2 rings (SSSR count). The maximum atomic E-state index is 5.86. The van der Waals surface area contributed by atoms with E-state index < -0.39 is 0 Å². The molecule has 1 aliphatic heterocycles. The van der Waals surface area contributed by atoms with Crippen molar-refractivity contribution in [3.05, 3.63) is 28.2 Å². The molecule has 0 amide bonds. The molecule has 0 saturated carbocycles. The third-order valence-corrected chi connectivity index (χ3v) is 4.49. The Labute approximate surface area is 118 Å². The van der Waals surface area contributed by atoms with Crippen molar-refractivity contribution in [3.8, 4) is 5.75 Å². The van der Waals surface area contributed by atoms with Gasteiger partial charge < -0.3 is 10.1 Å². The molecule has 1 fully saturated rings. The molecule has 1 aliphatic rings. The molecule has 0 radical (unpaired) electrons. The number of rotatable bonds is 5. The van der Waals surface area contributed by atoms with E-state index in [-0.39, 0.29) is 0 Å². The van der Waals surface area contributed by atoms with Gasteiger partial charge >= 0.3 is 0 Å². The van der Waals surface area contributed by atoms with Crippen LogP contribution in [0.5, 0.6) is 5.75 Å². The Bertz CT molecular complexity index is 375. The lowest BCUT2D eigenvalue weighted by molar-refractivity contribution is 0.274. The molecule has 1 N–H and O–H groups in total. The second kappa shape index (κ2) is 7.15. The first-order valence-electron chi connectivity index (χ1n) is 6.86. The number of benzene rings is 1. The van der Waals surface area contributed by atoms with Crippen molar-refractivity contribution in [2.45, 2.75) is 32.6 Å². The Morgan fingerprint density at radius 1 is 1.44 bits per heavy atom. The predicted octanol–water partition coefficient (Wildman–Crippen LogP) is 3.92. The fourth-order valence-electron chi connectivity index (χ4n) is 2.47. The highest BCUT2D eigenvalue weighted by Crippen LogP contribution is 2.25. The summed E-state index contributed by atoms with van der Waals surface area (Å²) in [5.41, 5.74) is 1.19. The largest absolute Gasteiger partial charge is 0.493 e. The third-order valence-electron chi connectivity index (χ3n) is 3.63. The quantitative estimate of drug-likeness (QED) is 0.832. The number of hydrogen-bond acceptors (Lipinski definition) is 2. The van der Waals surface area contributed by atoms with E-state index >= 15 is 0 Å². The standard InChI is InChI=1S/C15H22BrNO/c1-12-14(16)7-2-8-15(12)18-10-4-6-13-5-3-9-17-11-13/h2,7-8,13,17H,3-6,9-11H2,1H3/t13-/m1/s1. The van der Waals surface area contributed by atoms with Crippen molar-refractivity contribution >= 4 is 15.9 Å². The Morgan fingerprint density at radius 2 is 2.33 bits per heavy atom. The molecule has 3 heteroatoms. The molecule has 1 atom stereocenters. The van der Waals surface area contributed by atoms with Crippen LogP contribution in [0.2, 0.25) is 0 Å². The van der Waals surface area contributed by atoms with Crippen LogP contribution in [0, 0.1) is 12.8 Å². The van der Waals surface area contributed by atoms with E-state index in [0.717, 1.165) is 29.2 Å². The Balaban J connectivity index is 1.70. The van der Waals surface area contributed by atoms with E-state index in [0.29, 0.717) is 0 Å². The maximum Gasteiger partial charge on any atom is 0.123 e. The van der Waals surface area contributed by atoms with Gasteiger partial charge in [0.1, 0.15) is 5.75 Å². The van der Waals surface area contributed by atoms with Gasteiger partial charge in [-0.1, -0.05) is 22.0 Å². The van der Waals surface area contributed by atoms with Crippen LogP contribution >= 0.6 is 15.9 Å². The highest BCUT2D eigenvalue weighted by atomic mass is 79.9. The van der Waals surface area contributed by atoms with Crippen molar-refractivity contribution in [2.24, 2.45) is 5.92 Å². The van der Waals surface area contributed by atoms with E-state index in [1.54, 1.807) is 0 Å². The smallest absolute Gasteiger partial charge is 0.123 e. The molecular weight excluding hydrogens is 290 g/mol. The topological polar surface area (TPSA) is 21.3 Å². The van der Waals surface area contributed by atoms with Crippen LogP contribution in [0.1, 0.15) is 31.2 Å². The second-order valence-corrected chi connectivity index (χ2v) is 5.92. The van der Waals surface area contributed by atoms with E-state index in [1.165, 1.54) is 37.9 Å². The highest BCUT2D eigenvalue weighted by molar-refractivity contribution is 9.10. The van der Waals surface area contributed by atoms with Gasteiger partial charge in [-0.25, -0.2) is 0 Å². The summed E-state index contributed by atoms with van der Waals surface area (Å²) in [5, 5.41) is 3.46. The minimum Gasteiger partial charge on any atom is -0.493 e. The number of piperidine rings is 1. The molecule has 0 aromatic heterocycles. The average Bonchev–Trinajstić information content (AvgIpc) is 2.40. The average molecular weight is 312 g/mol. The van der Waals surface area contributed by atoms with Crippen LogP contribution in [-0.4, -0.2) is 19.7 Å². The Kier molecular flexibility index (Phi) is 5.51. The van der Waals surface area contributed by atoms with Gasteiger partial charge in [-0.05, 0) is 63.7 Å². The lowest BCUT2D eigenvalue weighted by atomic mass is 9.95. The first-order valence-corrected chi connectivity index (χ1v) is 7.65. The van der Waals surface area contributed by atoms with Crippen molar-refractivity contribution in [1.82, 2.24) is 5.32 Å². The van der Waals surface area contributed by atoms with Gasteiger partial charge in [-0.15, -0.1) is 0 Å². The van der Waals surface area contributed by atoms with Crippen LogP contribution in [0.15, 0.2) is 22.7 Å². The van der Waals surface area contributed by atoms with E-state index in [4.69, 9.17) is 4.74 Å². The summed E-state index contributed by atoms with van der Waals surface area (Å²) in [7, 11) is 0. The van der Waals surface area contributed by atoms with Gasteiger partial charge in [0, 0.05) is 10.0 Å². The Morgan fingerprint density at radius 3 is 3.11 bits per heavy atom. The second-order valence-electron chi connectivity index (χ2n) is 5.07. The third kappa shape index (κ3) is 3.99. The predicted molar refractivity (Wildman–Crippen MR) is 79.2 cm³/mol. The van der Waals surface area contributed by atoms with Gasteiger partial charge in [0.15, 0.2) is 0 Å². The van der Waals surface area contributed by atoms with Crippen LogP contribution in [0.4, 0.5) is 0 Å². The molecule has 1 aromatic rings. The van der Waals surface area contributed by atoms with Gasteiger partial charge in [0.05, 0.1) is 6.61 Å². The molecule has 0 unspecified atom stereocenters. The fourth-order valence-corrected chi connectivity index (χ4v) is 2.82. The van der Waals surface area contributed by atoms with Crippen LogP contribution in [0.3, 0.4) is 0 Å². The zero-order valence-electron chi connectivity index (χ0n) is 11.0. The molecule has 1 aromatic carbocycles. The van der Waals surface area contributed by atoms with Gasteiger partial charge in [-0.3, -0.25) is 0 Å². The molecule has 0 bridgehead atoms. The molecule has 100 valence electrons. The summed E-state index contributed by atoms with van der Waals surface area (Å²) >= 11 is 3.53. The Hall–Kier alpha value is -0.540. The zero-order valence-corrected chi connectivity index (χ0v) is 12.6. The van der Waals surface area contributed by atoms with Crippen molar-refractivity contribution < 1.29 is 4.74 Å². The van der Waals surface area contributed by atoms with Crippen LogP contribution < -0.4 is 10.1 Å². The van der Waals surface area contributed by atoms with Crippen LogP contribution in [0.25, 0.3) is 0 Å². The number of hydrogen-bond donors (Lipinski definition) is 1. The minimum absolute atomic E-state index is 0.827. The number of ether oxygens (including phenoxy) is 1. The summed E-state index contributed by atoms with van der Waals surface area (Å²) in [4.78, 5) is 0. The SMILES string of the molecule is Cc1c(Br)cccc1OCCC[C@H]1CCCNC1. The zero-order chi connectivity index (χ0) is 12.8. The first-order chi connectivity index (χ1) is 8.77. The van der Waals surface area contributed by atoms with Crippen molar-refractivity contribution in [1.29, 1.82) is 0 Å².